The van der Waals surface area contributed by atoms with E-state index in [0.29, 0.717) is 6.10 Å². The van der Waals surface area contributed by atoms with E-state index in [-0.39, 0.29) is 18.0 Å². The van der Waals surface area contributed by atoms with Crippen LogP contribution in [0.1, 0.15) is 60.3 Å². The van der Waals surface area contributed by atoms with Crippen molar-refractivity contribution in [3.63, 3.8) is 0 Å². The maximum Gasteiger partial charge on any atom is 0.237 e. The second-order valence-electron chi connectivity index (χ2n) is 6.88. The Hall–Kier alpha value is -0.610. The highest BCUT2D eigenvalue weighted by atomic mass is 16.5. The molecule has 4 nitrogen and oxygen atoms in total. The lowest BCUT2D eigenvalue weighted by atomic mass is 9.91. The molecule has 1 aliphatic rings. The van der Waals surface area contributed by atoms with E-state index in [1.54, 1.807) is 0 Å². The van der Waals surface area contributed by atoms with Gasteiger partial charge in [-0.05, 0) is 79.3 Å². The molecule has 0 bridgehead atoms. The lowest BCUT2D eigenvalue weighted by molar-refractivity contribution is -0.127. The average Bonchev–Trinajstić information content (AvgIpc) is 2.42. The minimum Gasteiger partial charge on any atom is -0.379 e. The molecule has 1 unspecified atom stereocenters. The Labute approximate surface area is 130 Å². The molecule has 0 radical (unpaired) electrons. The molecule has 1 fully saturated rings. The van der Waals surface area contributed by atoms with Crippen LogP contribution in [-0.2, 0) is 9.53 Å². The highest BCUT2D eigenvalue weighted by Gasteiger charge is 2.26. The van der Waals surface area contributed by atoms with E-state index in [1.807, 2.05) is 20.8 Å². The van der Waals surface area contributed by atoms with E-state index in [0.717, 1.165) is 32.0 Å². The van der Waals surface area contributed by atoms with Crippen LogP contribution in [0.25, 0.3) is 0 Å². The molecule has 0 aromatic heterocycles. The van der Waals surface area contributed by atoms with Gasteiger partial charge in [0.25, 0.3) is 0 Å². The van der Waals surface area contributed by atoms with Gasteiger partial charge in [-0.1, -0.05) is 0 Å². The van der Waals surface area contributed by atoms with Gasteiger partial charge >= 0.3 is 0 Å². The summed E-state index contributed by atoms with van der Waals surface area (Å²) < 4.78 is 5.60. The second kappa shape index (κ2) is 9.42. The Bertz CT molecular complexity index is 297. The molecule has 124 valence electrons. The number of nitrogens with one attached hydrogen (secondary N) is 1. The molecule has 1 saturated heterocycles. The number of piperidine rings is 1. The van der Waals surface area contributed by atoms with Gasteiger partial charge in [0, 0.05) is 12.6 Å². The van der Waals surface area contributed by atoms with Gasteiger partial charge < -0.3 is 10.1 Å². The number of hydrogen-bond acceptors (Lipinski definition) is 3. The Morgan fingerprint density at radius 1 is 1.19 bits per heavy atom. The predicted octanol–water partition coefficient (Wildman–Crippen LogP) is 2.82. The Morgan fingerprint density at radius 3 is 2.33 bits per heavy atom. The normalized spacial score (nSPS) is 19.2. The van der Waals surface area contributed by atoms with Crippen molar-refractivity contribution in [2.24, 2.45) is 5.92 Å². The first kappa shape index (κ1) is 18.4. The smallest absolute Gasteiger partial charge is 0.237 e. The molecule has 0 aliphatic carbocycles. The third kappa shape index (κ3) is 7.28. The fourth-order valence-electron chi connectivity index (χ4n) is 2.89. The summed E-state index contributed by atoms with van der Waals surface area (Å²) in [5.74, 6) is 0.964. The summed E-state index contributed by atoms with van der Waals surface area (Å²) in [6.45, 7) is 13.2. The van der Waals surface area contributed by atoms with Gasteiger partial charge in [-0.25, -0.2) is 0 Å². The van der Waals surface area contributed by atoms with Gasteiger partial charge in [0.1, 0.15) is 0 Å². The van der Waals surface area contributed by atoms with Crippen molar-refractivity contribution in [3.05, 3.63) is 0 Å². The first-order valence-electron chi connectivity index (χ1n) is 8.56. The zero-order valence-corrected chi connectivity index (χ0v) is 14.5. The van der Waals surface area contributed by atoms with E-state index in [4.69, 9.17) is 4.74 Å². The topological polar surface area (TPSA) is 41.6 Å². The lowest BCUT2D eigenvalue weighted by Crippen LogP contribution is -2.49. The number of nitrogens with zero attached hydrogens (tertiary/aromatic N) is 1. The summed E-state index contributed by atoms with van der Waals surface area (Å²) in [7, 11) is 0. The number of ether oxygens (including phenoxy) is 1. The zero-order valence-electron chi connectivity index (χ0n) is 14.5. The van der Waals surface area contributed by atoms with E-state index >= 15 is 0 Å². The van der Waals surface area contributed by atoms with Crippen molar-refractivity contribution in [1.29, 1.82) is 0 Å². The van der Waals surface area contributed by atoms with Crippen molar-refractivity contribution in [3.8, 4) is 0 Å². The molecule has 0 saturated carbocycles. The molecule has 1 aliphatic heterocycles. The van der Waals surface area contributed by atoms with Crippen LogP contribution in [0.5, 0.6) is 0 Å². The van der Waals surface area contributed by atoms with Crippen molar-refractivity contribution in [1.82, 2.24) is 10.2 Å². The zero-order chi connectivity index (χ0) is 15.8. The maximum atomic E-state index is 12.0. The maximum absolute atomic E-state index is 12.0. The molecule has 1 amide bonds. The fourth-order valence-corrected chi connectivity index (χ4v) is 2.89. The van der Waals surface area contributed by atoms with Crippen LogP contribution in [0.4, 0.5) is 0 Å². The molecule has 0 spiro atoms. The van der Waals surface area contributed by atoms with Crippen LogP contribution in [0, 0.1) is 5.92 Å². The van der Waals surface area contributed by atoms with Gasteiger partial charge in [-0.15, -0.1) is 0 Å². The van der Waals surface area contributed by atoms with E-state index in [2.05, 4.69) is 24.1 Å². The minimum absolute atomic E-state index is 0.00220. The third-order valence-corrected chi connectivity index (χ3v) is 4.22. The quantitative estimate of drug-likeness (QED) is 0.701. The highest BCUT2D eigenvalue weighted by Crippen LogP contribution is 2.23. The number of likely N-dealkylation sites (tertiary alicyclic amines) is 1. The fraction of sp³-hybridized carbons (Fsp3) is 0.941. The molecule has 1 atom stereocenters. The SMILES string of the molecule is CC(C)NC(=O)C(C)N1CCC(CCCOC(C)C)CC1. The van der Waals surface area contributed by atoms with E-state index in [9.17, 15) is 4.79 Å². The molecule has 0 aromatic rings. The molecular formula is C17H34N2O2. The first-order valence-corrected chi connectivity index (χ1v) is 8.56. The van der Waals surface area contributed by atoms with Gasteiger partial charge in [0.2, 0.25) is 5.91 Å². The van der Waals surface area contributed by atoms with Crippen LogP contribution >= 0.6 is 0 Å². The molecule has 1 N–H and O–H groups in total. The summed E-state index contributed by atoms with van der Waals surface area (Å²) in [6, 6.07) is 0.219. The number of hydrogen-bond donors (Lipinski definition) is 1. The molecule has 0 aromatic carbocycles. The summed E-state index contributed by atoms with van der Waals surface area (Å²) in [5.41, 5.74) is 0. The van der Waals surface area contributed by atoms with Crippen molar-refractivity contribution < 1.29 is 9.53 Å². The Balaban J connectivity index is 2.20. The van der Waals surface area contributed by atoms with Crippen LogP contribution in [0.15, 0.2) is 0 Å². The number of carbonyl (C=O) groups excluding carboxylic acids is 1. The minimum atomic E-state index is -0.00220. The van der Waals surface area contributed by atoms with E-state index in [1.165, 1.54) is 19.3 Å². The lowest BCUT2D eigenvalue weighted by Gasteiger charge is -2.35. The van der Waals surface area contributed by atoms with Crippen LogP contribution in [0.3, 0.4) is 0 Å². The number of carbonyl (C=O) groups is 1. The Kier molecular flexibility index (Phi) is 8.27. The van der Waals surface area contributed by atoms with Crippen LogP contribution in [0.2, 0.25) is 0 Å². The van der Waals surface area contributed by atoms with Crippen LogP contribution in [-0.4, -0.2) is 48.7 Å². The largest absolute Gasteiger partial charge is 0.379 e. The second-order valence-corrected chi connectivity index (χ2v) is 6.88. The molecule has 21 heavy (non-hydrogen) atoms. The van der Waals surface area contributed by atoms with Gasteiger partial charge in [0.05, 0.1) is 12.1 Å². The monoisotopic (exact) mass is 298 g/mol. The van der Waals surface area contributed by atoms with E-state index < -0.39 is 0 Å². The standard InChI is InChI=1S/C17H34N2O2/c1-13(2)18-17(20)15(5)19-10-8-16(9-11-19)7-6-12-21-14(3)4/h13-16H,6-12H2,1-5H3,(H,18,20). The number of rotatable bonds is 8. The highest BCUT2D eigenvalue weighted by molar-refractivity contribution is 5.81. The average molecular weight is 298 g/mol. The van der Waals surface area contributed by atoms with Gasteiger partial charge in [-0.3, -0.25) is 9.69 Å². The third-order valence-electron chi connectivity index (χ3n) is 4.22. The summed E-state index contributed by atoms with van der Waals surface area (Å²) in [4.78, 5) is 14.4. The molecule has 1 rings (SSSR count). The van der Waals surface area contributed by atoms with Crippen LogP contribution < -0.4 is 5.32 Å². The van der Waals surface area contributed by atoms with Crippen molar-refractivity contribution in [2.75, 3.05) is 19.7 Å². The number of amides is 1. The van der Waals surface area contributed by atoms with Crippen molar-refractivity contribution in [2.45, 2.75) is 78.5 Å². The predicted molar refractivity (Wildman–Crippen MR) is 87.4 cm³/mol. The molecular weight excluding hydrogens is 264 g/mol. The summed E-state index contributed by atoms with van der Waals surface area (Å²) in [6.07, 6.45) is 5.17. The van der Waals surface area contributed by atoms with Gasteiger partial charge in [0.15, 0.2) is 0 Å². The van der Waals surface area contributed by atoms with Crippen molar-refractivity contribution >= 4 is 5.91 Å². The summed E-state index contributed by atoms with van der Waals surface area (Å²) in [5, 5.41) is 3.01. The Morgan fingerprint density at radius 2 is 1.81 bits per heavy atom. The molecule has 4 heteroatoms. The summed E-state index contributed by atoms with van der Waals surface area (Å²) >= 11 is 0. The molecule has 1 heterocycles. The first-order chi connectivity index (χ1) is 9.90. The van der Waals surface area contributed by atoms with Gasteiger partial charge in [-0.2, -0.15) is 0 Å².